The summed E-state index contributed by atoms with van der Waals surface area (Å²) in [7, 11) is 43.6. The lowest BCUT2D eigenvalue weighted by molar-refractivity contribution is 0.125. The average molecular weight is 1230 g/mol. The van der Waals surface area contributed by atoms with E-state index in [1.54, 1.807) is 124 Å². The molecule has 1 aromatic carbocycles. The Morgan fingerprint density at radius 3 is 0.750 bits per heavy atom. The second kappa shape index (κ2) is 28.5. The van der Waals surface area contributed by atoms with E-state index < -0.39 is 0 Å². The van der Waals surface area contributed by atoms with Crippen LogP contribution < -0.4 is 0 Å². The first-order valence-corrected chi connectivity index (χ1v) is 46.6. The molecule has 1 aliphatic carbocycles. The van der Waals surface area contributed by atoms with E-state index in [0.29, 0.717) is 0 Å². The quantitative estimate of drug-likeness (QED) is 0.326. The van der Waals surface area contributed by atoms with Gasteiger partial charge in [0.05, 0.1) is 0 Å². The summed E-state index contributed by atoms with van der Waals surface area (Å²) in [6, 6.07) is 4.58. The van der Waals surface area contributed by atoms with Gasteiger partial charge in [-0.2, -0.15) is 0 Å². The highest BCUT2D eigenvalue weighted by Crippen LogP contribution is 2.62. The van der Waals surface area contributed by atoms with Gasteiger partial charge in [-0.25, -0.2) is 0 Å². The first kappa shape index (κ1) is 48.1. The van der Waals surface area contributed by atoms with E-state index in [1.807, 2.05) is 79.9 Å². The van der Waals surface area contributed by atoms with Gasteiger partial charge in [0.1, 0.15) is 0 Å². The summed E-state index contributed by atoms with van der Waals surface area (Å²) in [5.41, 5.74) is 3.57. The minimum absolute atomic E-state index is 0.190. The molecule has 0 saturated heterocycles. The lowest BCUT2D eigenvalue weighted by Crippen LogP contribution is -2.42. The minimum atomic E-state index is 0.190. The van der Waals surface area contributed by atoms with Crippen molar-refractivity contribution in [1.29, 1.82) is 0 Å². The molecule has 0 fully saturated rings. The van der Waals surface area contributed by atoms with Gasteiger partial charge in [0, 0.05) is 253 Å². The molecule has 0 spiro atoms. The van der Waals surface area contributed by atoms with Gasteiger partial charge in [-0.3, -0.25) is 0 Å². The van der Waals surface area contributed by atoms with Crippen LogP contribution in [-0.4, -0.2) is 0 Å². The SMILES string of the molecule is CC1(C)c2cc(Br)c(Br)cc2C(C)(C)C1(C)C.S=S=S=S=S=S=S=S=S=S=S=S=S=S=S=S=S=S=S=S=S=S=S=S=S=S=S. The highest BCUT2D eigenvalue weighted by Gasteiger charge is 2.56. The van der Waals surface area contributed by atoms with Crippen molar-refractivity contribution in [2.45, 2.75) is 52.4 Å². The monoisotopic (exact) mass is 1220 g/mol. The molecule has 29 heteroatoms. The van der Waals surface area contributed by atoms with Crippen molar-refractivity contribution in [3.8, 4) is 0 Å². The summed E-state index contributed by atoms with van der Waals surface area (Å²) >= 11 is 16.8. The van der Waals surface area contributed by atoms with Crippen molar-refractivity contribution in [2.24, 2.45) is 5.41 Å². The van der Waals surface area contributed by atoms with Crippen molar-refractivity contribution in [2.75, 3.05) is 0 Å². The standard InChI is InChI=1S/C15H20Br2.S27/c1-13(2)9-7-11(16)12(17)8-10(9)14(3,4)15(13,5)6;1-3-5-7-9-11-13-15-17-19-21-23-25-27-26-24-22-20-18-16-14-12-10-8-6-4-2/h7-8H,1-6H3;. The maximum absolute atomic E-state index is 4.78. The summed E-state index contributed by atoms with van der Waals surface area (Å²) in [5, 5.41) is 0. The van der Waals surface area contributed by atoms with Crippen molar-refractivity contribution in [3.63, 3.8) is 0 Å². The van der Waals surface area contributed by atoms with Gasteiger partial charge in [0.15, 0.2) is 0 Å². The second-order valence-corrected chi connectivity index (χ2v) is 54.3. The summed E-state index contributed by atoms with van der Waals surface area (Å²) in [6.45, 7) is 14.2. The van der Waals surface area contributed by atoms with Crippen molar-refractivity contribution in [1.82, 2.24) is 0 Å². The van der Waals surface area contributed by atoms with E-state index in [0.717, 1.165) is 8.95 Å². The molecule has 0 aromatic heterocycles. The lowest BCUT2D eigenvalue weighted by atomic mass is 9.59. The van der Waals surface area contributed by atoms with Crippen LogP contribution in [0.1, 0.15) is 52.7 Å². The summed E-state index contributed by atoms with van der Waals surface area (Å²) in [6.07, 6.45) is 0. The van der Waals surface area contributed by atoms with E-state index in [1.165, 1.54) is 28.9 Å². The summed E-state index contributed by atoms with van der Waals surface area (Å²) < 4.78 is 2.30. The van der Waals surface area contributed by atoms with Crippen LogP contribution in [0.2, 0.25) is 0 Å². The molecule has 1 aromatic rings. The van der Waals surface area contributed by atoms with Crippen LogP contribution >= 0.6 is 31.9 Å². The maximum Gasteiger partial charge on any atom is 0.0320 e. The molecule has 2 rings (SSSR count). The van der Waals surface area contributed by atoms with Crippen molar-refractivity contribution >= 4 is 276 Å². The highest BCUT2D eigenvalue weighted by molar-refractivity contribution is 9.13. The average Bonchev–Trinajstić information content (AvgIpc) is 3.08. The zero-order valence-electron chi connectivity index (χ0n) is 22.4. The Hall–Kier alpha value is 6.12. The van der Waals surface area contributed by atoms with E-state index in [9.17, 15) is 0 Å². The van der Waals surface area contributed by atoms with Gasteiger partial charge in [-0.15, -0.1) is 0 Å². The number of hydrogen-bond donors (Lipinski definition) is 0. The number of benzene rings is 1. The Balaban J connectivity index is 0.000000483. The number of rotatable bonds is 0. The van der Waals surface area contributed by atoms with Gasteiger partial charge in [-0.05, 0) is 71.4 Å². The van der Waals surface area contributed by atoms with Gasteiger partial charge in [0.25, 0.3) is 0 Å². The largest absolute Gasteiger partial charge is 0.0582 e. The summed E-state index contributed by atoms with van der Waals surface area (Å²) in [4.78, 5) is 0. The molecular formula is C15H20Br2S27. The molecule has 0 heterocycles. The number of hydrogen-bond acceptors (Lipinski definition) is 2. The van der Waals surface area contributed by atoms with Crippen LogP contribution in [0, 0.1) is 5.41 Å². The molecule has 0 atom stereocenters. The van der Waals surface area contributed by atoms with E-state index in [4.69, 9.17) is 22.4 Å². The van der Waals surface area contributed by atoms with Crippen LogP contribution in [0.5, 0.6) is 0 Å². The van der Waals surface area contributed by atoms with Crippen LogP contribution in [0.4, 0.5) is 0 Å². The van der Waals surface area contributed by atoms with Gasteiger partial charge in [0.2, 0.25) is 0 Å². The third-order valence-corrected chi connectivity index (χ3v) is 61.4. The zero-order chi connectivity index (χ0) is 32.9. The molecule has 256 valence electrons. The Morgan fingerprint density at radius 1 is 0.386 bits per heavy atom. The van der Waals surface area contributed by atoms with Gasteiger partial charge < -0.3 is 0 Å². The first-order chi connectivity index (χ1) is 20.9. The number of fused-ring (bicyclic) bond motifs is 1. The van der Waals surface area contributed by atoms with E-state index >= 15 is 0 Å². The fraction of sp³-hybridized carbons (Fsp3) is 0.600. The van der Waals surface area contributed by atoms with E-state index in [-0.39, 0.29) is 16.2 Å². The Labute approximate surface area is 358 Å². The molecule has 0 bridgehead atoms. The molecule has 1 aliphatic rings. The fourth-order valence-corrected chi connectivity index (χ4v) is 67.1. The molecule has 0 saturated carbocycles. The van der Waals surface area contributed by atoms with Crippen LogP contribution in [0.15, 0.2) is 21.1 Å². The first-order valence-electron chi connectivity index (χ1n) is 10.4. The number of halogens is 2. The molecule has 0 N–H and O–H groups in total. The third-order valence-electron chi connectivity index (χ3n) is 6.20. The van der Waals surface area contributed by atoms with Crippen LogP contribution in [0.3, 0.4) is 0 Å². The van der Waals surface area contributed by atoms with Gasteiger partial charge in [-0.1, -0.05) is 41.5 Å². The predicted octanol–water partition coefficient (Wildman–Crippen LogP) is 5.74. The fourth-order valence-electron chi connectivity index (χ4n) is 3.30. The van der Waals surface area contributed by atoms with Crippen molar-refractivity contribution < 1.29 is 0 Å². The van der Waals surface area contributed by atoms with Gasteiger partial charge >= 0.3 is 0 Å². The lowest BCUT2D eigenvalue weighted by Gasteiger charge is -2.44. The Bertz CT molecular complexity index is 2200. The third kappa shape index (κ3) is 18.4. The topological polar surface area (TPSA) is 0 Å². The normalized spacial score (nSPS) is 13.7. The predicted molar refractivity (Wildman–Crippen MR) is 281 cm³/mol. The Morgan fingerprint density at radius 2 is 0.568 bits per heavy atom. The van der Waals surface area contributed by atoms with Crippen LogP contribution in [-0.2, 0) is 255 Å². The minimum Gasteiger partial charge on any atom is -0.0582 e. The van der Waals surface area contributed by atoms with Crippen molar-refractivity contribution in [3.05, 3.63) is 32.2 Å². The molecule has 44 heavy (non-hydrogen) atoms. The molecule has 0 nitrogen and oxygen atoms in total. The maximum atomic E-state index is 4.78. The zero-order valence-corrected chi connectivity index (χ0v) is 47.7. The smallest absolute Gasteiger partial charge is 0.0320 e. The molecule has 0 unspecified atom stereocenters. The molecular weight excluding hydrogens is 1210 g/mol. The van der Waals surface area contributed by atoms with Crippen LogP contribution in [0.25, 0.3) is 0 Å². The highest BCUT2D eigenvalue weighted by atomic mass is 79.9. The molecule has 0 amide bonds. The summed E-state index contributed by atoms with van der Waals surface area (Å²) in [5.74, 6) is 0. The second-order valence-electron chi connectivity index (χ2n) is 8.39. The molecule has 0 aliphatic heterocycles. The molecule has 0 radical (unpaired) electrons. The Kier molecular flexibility index (Phi) is 31.2. The van der Waals surface area contributed by atoms with E-state index in [2.05, 4.69) is 85.5 Å².